The van der Waals surface area contributed by atoms with Gasteiger partial charge in [0.05, 0.1) is 17.7 Å². The van der Waals surface area contributed by atoms with Gasteiger partial charge in [-0.15, -0.1) is 0 Å². The standard InChI is InChI=1S/C18H21ClN2O3/c1-2-21-10-14(16(23)13-9-12(19)5-6-15(13)21)17(24)20-18(11-22)7-3-4-8-18/h5-6,9-10,22H,2-4,7-8,11H2,1H3,(H,20,24). The molecule has 0 bridgehead atoms. The van der Waals surface area contributed by atoms with E-state index in [0.717, 1.165) is 31.2 Å². The second kappa shape index (κ2) is 6.57. The second-order valence-corrected chi connectivity index (χ2v) is 6.86. The minimum atomic E-state index is -0.607. The van der Waals surface area contributed by atoms with Crippen molar-refractivity contribution in [1.82, 2.24) is 9.88 Å². The smallest absolute Gasteiger partial charge is 0.257 e. The Labute approximate surface area is 145 Å². The molecule has 1 aromatic heterocycles. The van der Waals surface area contributed by atoms with Crippen molar-refractivity contribution in [2.24, 2.45) is 0 Å². The van der Waals surface area contributed by atoms with Crippen LogP contribution in [0.3, 0.4) is 0 Å². The molecule has 1 fully saturated rings. The Balaban J connectivity index is 2.07. The minimum Gasteiger partial charge on any atom is -0.394 e. The van der Waals surface area contributed by atoms with Gasteiger partial charge in [-0.05, 0) is 38.0 Å². The monoisotopic (exact) mass is 348 g/mol. The summed E-state index contributed by atoms with van der Waals surface area (Å²) in [5.41, 5.74) is -0.0996. The van der Waals surface area contributed by atoms with Gasteiger partial charge >= 0.3 is 0 Å². The number of amides is 1. The lowest BCUT2D eigenvalue weighted by molar-refractivity contribution is 0.0837. The first-order valence-corrected chi connectivity index (χ1v) is 8.63. The number of benzene rings is 1. The van der Waals surface area contributed by atoms with Crippen LogP contribution in [0.15, 0.2) is 29.2 Å². The summed E-state index contributed by atoms with van der Waals surface area (Å²) in [5.74, 6) is -0.431. The summed E-state index contributed by atoms with van der Waals surface area (Å²) in [6.07, 6.45) is 4.99. The molecule has 1 heterocycles. The van der Waals surface area contributed by atoms with Crippen molar-refractivity contribution in [3.8, 4) is 0 Å². The van der Waals surface area contributed by atoms with E-state index in [1.165, 1.54) is 0 Å². The second-order valence-electron chi connectivity index (χ2n) is 6.42. The van der Waals surface area contributed by atoms with E-state index < -0.39 is 11.4 Å². The minimum absolute atomic E-state index is 0.0892. The third kappa shape index (κ3) is 2.94. The van der Waals surface area contributed by atoms with E-state index in [4.69, 9.17) is 11.6 Å². The highest BCUT2D eigenvalue weighted by Crippen LogP contribution is 2.29. The van der Waals surface area contributed by atoms with Crippen LogP contribution in [0.1, 0.15) is 43.0 Å². The zero-order valence-corrected chi connectivity index (χ0v) is 14.4. The first kappa shape index (κ1) is 17.0. The van der Waals surface area contributed by atoms with Crippen LogP contribution in [-0.4, -0.2) is 27.7 Å². The summed E-state index contributed by atoms with van der Waals surface area (Å²) in [5, 5.41) is 13.5. The van der Waals surface area contributed by atoms with Crippen molar-refractivity contribution in [1.29, 1.82) is 0 Å². The van der Waals surface area contributed by atoms with Crippen LogP contribution >= 0.6 is 11.6 Å². The number of hydrogen-bond acceptors (Lipinski definition) is 3. The molecule has 0 radical (unpaired) electrons. The molecule has 2 aromatic rings. The Kier molecular flexibility index (Phi) is 4.65. The van der Waals surface area contributed by atoms with Gasteiger partial charge in [-0.1, -0.05) is 24.4 Å². The largest absolute Gasteiger partial charge is 0.394 e. The molecule has 1 aromatic carbocycles. The highest BCUT2D eigenvalue weighted by atomic mass is 35.5. The molecule has 24 heavy (non-hydrogen) atoms. The molecule has 0 aliphatic heterocycles. The van der Waals surface area contributed by atoms with Crippen LogP contribution in [0, 0.1) is 0 Å². The number of carbonyl (C=O) groups excluding carboxylic acids is 1. The summed E-state index contributed by atoms with van der Waals surface area (Å²) in [6.45, 7) is 2.47. The van der Waals surface area contributed by atoms with Gasteiger partial charge in [0.1, 0.15) is 5.56 Å². The van der Waals surface area contributed by atoms with E-state index in [2.05, 4.69) is 5.32 Å². The van der Waals surface area contributed by atoms with E-state index in [0.29, 0.717) is 17.0 Å². The Hall–Kier alpha value is -1.85. The van der Waals surface area contributed by atoms with Gasteiger partial charge in [0, 0.05) is 23.2 Å². The normalized spacial score (nSPS) is 16.5. The Morgan fingerprint density at radius 2 is 2.08 bits per heavy atom. The molecule has 0 spiro atoms. The van der Waals surface area contributed by atoms with Crippen LogP contribution in [0.4, 0.5) is 0 Å². The van der Waals surface area contributed by atoms with Crippen LogP contribution in [-0.2, 0) is 6.54 Å². The van der Waals surface area contributed by atoms with Gasteiger partial charge in [0.15, 0.2) is 0 Å². The number of aryl methyl sites for hydroxylation is 1. The zero-order valence-electron chi connectivity index (χ0n) is 13.6. The molecule has 1 aliphatic carbocycles. The summed E-state index contributed by atoms with van der Waals surface area (Å²) in [7, 11) is 0. The number of aromatic nitrogens is 1. The van der Waals surface area contributed by atoms with E-state index in [9.17, 15) is 14.7 Å². The summed E-state index contributed by atoms with van der Waals surface area (Å²) in [6, 6.07) is 5.12. The highest BCUT2D eigenvalue weighted by molar-refractivity contribution is 6.31. The Bertz CT molecular complexity index is 838. The number of rotatable bonds is 4. The maximum absolute atomic E-state index is 12.8. The fraction of sp³-hybridized carbons (Fsp3) is 0.444. The Morgan fingerprint density at radius 1 is 1.38 bits per heavy atom. The third-order valence-corrected chi connectivity index (χ3v) is 5.10. The zero-order chi connectivity index (χ0) is 17.3. The van der Waals surface area contributed by atoms with Gasteiger partial charge in [0.2, 0.25) is 5.43 Å². The average molecular weight is 349 g/mol. The predicted molar refractivity (Wildman–Crippen MR) is 94.6 cm³/mol. The molecule has 0 saturated heterocycles. The topological polar surface area (TPSA) is 71.3 Å². The lowest BCUT2D eigenvalue weighted by Gasteiger charge is -2.28. The number of halogens is 1. The van der Waals surface area contributed by atoms with Crippen molar-refractivity contribution in [2.45, 2.75) is 44.7 Å². The van der Waals surface area contributed by atoms with Crippen LogP contribution in [0.25, 0.3) is 10.9 Å². The molecule has 3 rings (SSSR count). The van der Waals surface area contributed by atoms with Gasteiger partial charge < -0.3 is 15.0 Å². The molecular formula is C18H21ClN2O3. The Morgan fingerprint density at radius 3 is 2.71 bits per heavy atom. The van der Waals surface area contributed by atoms with Gasteiger partial charge in [-0.25, -0.2) is 0 Å². The molecule has 1 saturated carbocycles. The number of fused-ring (bicyclic) bond motifs is 1. The molecule has 1 amide bonds. The number of nitrogens with one attached hydrogen (secondary N) is 1. The van der Waals surface area contributed by atoms with Gasteiger partial charge in [0.25, 0.3) is 5.91 Å². The van der Waals surface area contributed by atoms with E-state index in [1.54, 1.807) is 24.4 Å². The molecular weight excluding hydrogens is 328 g/mol. The molecule has 128 valence electrons. The number of hydrogen-bond donors (Lipinski definition) is 2. The summed E-state index contributed by atoms with van der Waals surface area (Å²) < 4.78 is 1.86. The van der Waals surface area contributed by atoms with Crippen molar-refractivity contribution >= 4 is 28.4 Å². The quantitative estimate of drug-likeness (QED) is 0.892. The maximum Gasteiger partial charge on any atom is 0.257 e. The van der Waals surface area contributed by atoms with E-state index in [-0.39, 0.29) is 17.6 Å². The number of carbonyl (C=O) groups is 1. The molecule has 2 N–H and O–H groups in total. The van der Waals surface area contributed by atoms with Crippen LogP contribution in [0.5, 0.6) is 0 Å². The van der Waals surface area contributed by atoms with E-state index in [1.807, 2.05) is 11.5 Å². The SMILES string of the molecule is CCn1cc(C(=O)NC2(CO)CCCC2)c(=O)c2cc(Cl)ccc21. The maximum atomic E-state index is 12.8. The van der Waals surface area contributed by atoms with Crippen molar-refractivity contribution in [2.75, 3.05) is 6.61 Å². The van der Waals surface area contributed by atoms with E-state index >= 15 is 0 Å². The number of pyridine rings is 1. The van der Waals surface area contributed by atoms with Gasteiger partial charge in [-0.3, -0.25) is 9.59 Å². The summed E-state index contributed by atoms with van der Waals surface area (Å²) in [4.78, 5) is 25.5. The average Bonchev–Trinajstić information content (AvgIpc) is 3.04. The lowest BCUT2D eigenvalue weighted by Crippen LogP contribution is -2.50. The lowest BCUT2D eigenvalue weighted by atomic mass is 9.98. The number of nitrogens with zero attached hydrogens (tertiary/aromatic N) is 1. The summed E-state index contributed by atoms with van der Waals surface area (Å²) >= 11 is 6.02. The number of aliphatic hydroxyl groups is 1. The first-order chi connectivity index (χ1) is 11.5. The van der Waals surface area contributed by atoms with Crippen LogP contribution in [0.2, 0.25) is 5.02 Å². The molecule has 5 nitrogen and oxygen atoms in total. The molecule has 1 aliphatic rings. The third-order valence-electron chi connectivity index (χ3n) is 4.87. The predicted octanol–water partition coefficient (Wildman–Crippen LogP) is 2.71. The fourth-order valence-electron chi connectivity index (χ4n) is 3.48. The van der Waals surface area contributed by atoms with Gasteiger partial charge in [-0.2, -0.15) is 0 Å². The fourth-order valence-corrected chi connectivity index (χ4v) is 3.65. The van der Waals surface area contributed by atoms with Crippen molar-refractivity contribution < 1.29 is 9.90 Å². The number of aliphatic hydroxyl groups excluding tert-OH is 1. The highest BCUT2D eigenvalue weighted by Gasteiger charge is 2.35. The van der Waals surface area contributed by atoms with Crippen molar-refractivity contribution in [3.05, 3.63) is 45.2 Å². The molecule has 6 heteroatoms. The molecule has 0 atom stereocenters. The first-order valence-electron chi connectivity index (χ1n) is 8.26. The van der Waals surface area contributed by atoms with Crippen LogP contribution < -0.4 is 10.7 Å². The van der Waals surface area contributed by atoms with Crippen molar-refractivity contribution in [3.63, 3.8) is 0 Å². The molecule has 0 unspecified atom stereocenters.